The maximum absolute atomic E-state index is 12.9. The molecule has 0 radical (unpaired) electrons. The molecule has 1 aliphatic rings. The highest BCUT2D eigenvalue weighted by Gasteiger charge is 2.21. The van der Waals surface area contributed by atoms with Crippen molar-refractivity contribution in [3.05, 3.63) is 45.4 Å². The highest BCUT2D eigenvalue weighted by molar-refractivity contribution is 7.14. The zero-order valence-electron chi connectivity index (χ0n) is 13.9. The Morgan fingerprint density at radius 2 is 1.87 bits per heavy atom. The molecule has 0 atom stereocenters. The number of aromatic nitrogens is 2. The van der Waals surface area contributed by atoms with Crippen molar-refractivity contribution in [2.45, 2.75) is 47.0 Å². The molecule has 0 unspecified atom stereocenters. The summed E-state index contributed by atoms with van der Waals surface area (Å²) in [5.74, 6) is 5.41. The molecule has 1 aliphatic carbocycles. The van der Waals surface area contributed by atoms with E-state index in [-0.39, 0.29) is 5.78 Å². The Hall–Kier alpha value is -2.06. The Labute approximate surface area is 141 Å². The van der Waals surface area contributed by atoms with Crippen molar-refractivity contribution in [1.29, 1.82) is 0 Å². The van der Waals surface area contributed by atoms with E-state index in [9.17, 15) is 9.18 Å². The van der Waals surface area contributed by atoms with Crippen LogP contribution in [0.4, 0.5) is 4.39 Å². The van der Waals surface area contributed by atoms with Crippen molar-refractivity contribution in [3.63, 3.8) is 0 Å². The predicted octanol–water partition coefficient (Wildman–Crippen LogP) is 4.65. The average Bonchev–Trinajstić information content (AvgIpc) is 3.01. The summed E-state index contributed by atoms with van der Waals surface area (Å²) in [7, 11) is 0. The van der Waals surface area contributed by atoms with E-state index in [0.717, 1.165) is 29.6 Å². The Bertz CT molecular complexity index is 713. The number of fused-ring (bicyclic) bond motifs is 1. The van der Waals surface area contributed by atoms with Crippen LogP contribution in [0, 0.1) is 17.7 Å². The lowest BCUT2D eigenvalue weighted by Gasteiger charge is -2.05. The first-order chi connectivity index (χ1) is 11.2. The summed E-state index contributed by atoms with van der Waals surface area (Å²) in [4.78, 5) is 20.5. The third kappa shape index (κ3) is 5.26. The van der Waals surface area contributed by atoms with Gasteiger partial charge in [0.25, 0.3) is 0 Å². The zero-order chi connectivity index (χ0) is 17.2. The van der Waals surface area contributed by atoms with E-state index in [4.69, 9.17) is 0 Å². The summed E-state index contributed by atoms with van der Waals surface area (Å²) >= 11 is 1.32. The Kier molecular flexibility index (Phi) is 8.14. The first-order valence-corrected chi connectivity index (χ1v) is 8.69. The van der Waals surface area contributed by atoms with Gasteiger partial charge in [0.1, 0.15) is 5.82 Å². The van der Waals surface area contributed by atoms with Crippen LogP contribution < -0.4 is 0 Å². The van der Waals surface area contributed by atoms with E-state index in [2.05, 4.69) is 21.8 Å². The van der Waals surface area contributed by atoms with Crippen molar-refractivity contribution >= 4 is 17.1 Å². The monoisotopic (exact) mass is 332 g/mol. The van der Waals surface area contributed by atoms with E-state index in [0.29, 0.717) is 17.0 Å². The molecule has 23 heavy (non-hydrogen) atoms. The van der Waals surface area contributed by atoms with E-state index >= 15 is 0 Å². The second kappa shape index (κ2) is 9.86. The van der Waals surface area contributed by atoms with Gasteiger partial charge in [-0.15, -0.1) is 11.3 Å². The molecule has 0 aliphatic heterocycles. The van der Waals surface area contributed by atoms with Gasteiger partial charge in [0, 0.05) is 18.2 Å². The van der Waals surface area contributed by atoms with Gasteiger partial charge in [0.05, 0.1) is 16.8 Å². The smallest absolute Gasteiger partial charge is 0.174 e. The van der Waals surface area contributed by atoms with Gasteiger partial charge in [-0.05, 0) is 24.8 Å². The van der Waals surface area contributed by atoms with Gasteiger partial charge < -0.3 is 0 Å². The van der Waals surface area contributed by atoms with Crippen molar-refractivity contribution in [2.24, 2.45) is 0 Å². The fourth-order valence-electron chi connectivity index (χ4n) is 1.93. The number of thiazole rings is 1. The fourth-order valence-corrected chi connectivity index (χ4v) is 2.86. The number of hydrogen-bond donors (Lipinski definition) is 0. The number of aryl methyl sites for hydroxylation is 1. The van der Waals surface area contributed by atoms with E-state index in [1.54, 1.807) is 0 Å². The summed E-state index contributed by atoms with van der Waals surface area (Å²) in [5, 5.41) is 0.601. The molecular weight excluding hydrogens is 311 g/mol. The van der Waals surface area contributed by atoms with Crippen LogP contribution in [0.25, 0.3) is 0 Å². The lowest BCUT2D eigenvalue weighted by atomic mass is 10.0. The summed E-state index contributed by atoms with van der Waals surface area (Å²) in [5.41, 5.74) is 1.35. The highest BCUT2D eigenvalue weighted by atomic mass is 32.1. The van der Waals surface area contributed by atoms with Crippen LogP contribution in [0.3, 0.4) is 0 Å². The normalized spacial score (nSPS) is 11.8. The van der Waals surface area contributed by atoms with Crippen molar-refractivity contribution < 1.29 is 9.18 Å². The number of Topliss-reactive ketones (excluding diaryl/α,β-unsaturated/α-hetero) is 1. The number of carbonyl (C=O) groups excluding carboxylic acids is 1. The first kappa shape index (κ1) is 19.0. The van der Waals surface area contributed by atoms with Crippen molar-refractivity contribution in [1.82, 2.24) is 9.97 Å². The minimum atomic E-state index is -0.416. The van der Waals surface area contributed by atoms with Crippen LogP contribution in [0.5, 0.6) is 0 Å². The maximum atomic E-state index is 12.9. The minimum absolute atomic E-state index is 0.152. The SMILES string of the molecule is CC.CC.O=C1CCCc2nc(C#Cc3cncc(F)c3)sc21. The predicted molar refractivity (Wildman–Crippen MR) is 92.3 cm³/mol. The summed E-state index contributed by atoms with van der Waals surface area (Å²) in [6.45, 7) is 8.00. The van der Waals surface area contributed by atoms with Gasteiger partial charge >= 0.3 is 0 Å². The third-order valence-corrected chi connectivity index (χ3v) is 3.84. The summed E-state index contributed by atoms with van der Waals surface area (Å²) in [6.07, 6.45) is 4.91. The molecule has 5 heteroatoms. The maximum Gasteiger partial charge on any atom is 0.174 e. The lowest BCUT2D eigenvalue weighted by molar-refractivity contribution is 0.0976. The highest BCUT2D eigenvalue weighted by Crippen LogP contribution is 2.26. The molecule has 0 saturated carbocycles. The first-order valence-electron chi connectivity index (χ1n) is 7.88. The van der Waals surface area contributed by atoms with E-state index < -0.39 is 5.82 Å². The molecule has 3 rings (SSSR count). The van der Waals surface area contributed by atoms with Crippen LogP contribution >= 0.6 is 11.3 Å². The molecule has 122 valence electrons. The Morgan fingerprint density at radius 3 is 2.52 bits per heavy atom. The largest absolute Gasteiger partial charge is 0.293 e. The van der Waals surface area contributed by atoms with E-state index in [1.807, 2.05) is 27.7 Å². The standard InChI is InChI=1S/C14H9FN2OS.2C2H6/c15-10-6-9(7-16-8-10)4-5-13-17-11-2-1-3-12(18)14(11)19-13;2*1-2/h6-8H,1-3H2;2*1-2H3. The second-order valence-corrected chi connectivity index (χ2v) is 5.21. The average molecular weight is 332 g/mol. The number of pyridine rings is 1. The number of rotatable bonds is 0. The molecule has 0 amide bonds. The van der Waals surface area contributed by atoms with Crippen LogP contribution in [-0.4, -0.2) is 15.8 Å². The van der Waals surface area contributed by atoms with Gasteiger partial charge in [-0.1, -0.05) is 33.6 Å². The molecule has 0 fully saturated rings. The van der Waals surface area contributed by atoms with Gasteiger partial charge in [0.2, 0.25) is 0 Å². The van der Waals surface area contributed by atoms with Gasteiger partial charge in [-0.3, -0.25) is 9.78 Å². The zero-order valence-corrected chi connectivity index (χ0v) is 14.8. The Balaban J connectivity index is 0.000000615. The molecule has 3 nitrogen and oxygen atoms in total. The van der Waals surface area contributed by atoms with E-state index in [1.165, 1.54) is 23.6 Å². The minimum Gasteiger partial charge on any atom is -0.293 e. The van der Waals surface area contributed by atoms with Gasteiger partial charge in [-0.2, -0.15) is 0 Å². The second-order valence-electron chi connectivity index (χ2n) is 4.21. The topological polar surface area (TPSA) is 42.9 Å². The van der Waals surface area contributed by atoms with Crippen LogP contribution in [0.2, 0.25) is 0 Å². The molecule has 0 aromatic carbocycles. The molecule has 2 aromatic heterocycles. The number of hydrogen-bond acceptors (Lipinski definition) is 4. The van der Waals surface area contributed by atoms with Crippen molar-refractivity contribution in [3.8, 4) is 11.8 Å². The third-order valence-electron chi connectivity index (χ3n) is 2.79. The molecular formula is C18H21FN2OS. The molecule has 0 bridgehead atoms. The summed E-state index contributed by atoms with van der Waals surface area (Å²) < 4.78 is 12.9. The number of nitrogens with zero attached hydrogens (tertiary/aromatic N) is 2. The number of carbonyl (C=O) groups is 1. The van der Waals surface area contributed by atoms with Gasteiger partial charge in [-0.25, -0.2) is 9.37 Å². The quantitative estimate of drug-likeness (QED) is 0.660. The molecule has 2 heterocycles. The van der Waals surface area contributed by atoms with Gasteiger partial charge in [0.15, 0.2) is 10.8 Å². The molecule has 0 N–H and O–H groups in total. The van der Waals surface area contributed by atoms with Crippen LogP contribution in [-0.2, 0) is 6.42 Å². The number of halogens is 1. The number of ketones is 1. The van der Waals surface area contributed by atoms with Crippen molar-refractivity contribution in [2.75, 3.05) is 0 Å². The Morgan fingerprint density at radius 1 is 1.13 bits per heavy atom. The molecule has 0 spiro atoms. The lowest BCUT2D eigenvalue weighted by Crippen LogP contribution is -2.07. The molecule has 0 saturated heterocycles. The van der Waals surface area contributed by atoms with Crippen LogP contribution in [0.1, 0.15) is 66.5 Å². The summed E-state index contributed by atoms with van der Waals surface area (Å²) in [6, 6.07) is 1.32. The van der Waals surface area contributed by atoms with Crippen LogP contribution in [0.15, 0.2) is 18.5 Å². The fraction of sp³-hybridized carbons (Fsp3) is 0.389. The molecule has 2 aromatic rings.